The molecule has 0 spiro atoms. The molecule has 0 bridgehead atoms. The number of rotatable bonds is 2. The van der Waals surface area contributed by atoms with E-state index in [1.54, 1.807) is 0 Å². The molecule has 0 N–H and O–H groups in total. The van der Waals surface area contributed by atoms with Gasteiger partial charge >= 0.3 is 6.18 Å². The SMILES string of the molecule is COc1ccc(C(F)(F)F)cc1C(C)=O. The van der Waals surface area contributed by atoms with Crippen LogP contribution in [0.4, 0.5) is 13.2 Å². The highest BCUT2D eigenvalue weighted by Gasteiger charge is 2.31. The number of methoxy groups -OCH3 is 1. The molecule has 0 atom stereocenters. The van der Waals surface area contributed by atoms with E-state index >= 15 is 0 Å². The summed E-state index contributed by atoms with van der Waals surface area (Å²) in [4.78, 5) is 11.1. The van der Waals surface area contributed by atoms with Gasteiger partial charge < -0.3 is 4.74 Å². The Morgan fingerprint density at radius 3 is 2.33 bits per heavy atom. The predicted octanol–water partition coefficient (Wildman–Crippen LogP) is 2.92. The second kappa shape index (κ2) is 3.92. The summed E-state index contributed by atoms with van der Waals surface area (Å²) in [7, 11) is 1.30. The fourth-order valence-electron chi connectivity index (χ4n) is 1.16. The summed E-state index contributed by atoms with van der Waals surface area (Å²) in [5.74, 6) is -0.312. The number of carbonyl (C=O) groups is 1. The lowest BCUT2D eigenvalue weighted by molar-refractivity contribution is -0.137. The second-order valence-electron chi connectivity index (χ2n) is 2.97. The van der Waals surface area contributed by atoms with Gasteiger partial charge in [0.05, 0.1) is 18.2 Å². The molecule has 0 amide bonds. The minimum atomic E-state index is -4.45. The van der Waals surface area contributed by atoms with Gasteiger partial charge in [0.2, 0.25) is 0 Å². The second-order valence-corrected chi connectivity index (χ2v) is 2.97. The van der Waals surface area contributed by atoms with Crippen LogP contribution >= 0.6 is 0 Å². The van der Waals surface area contributed by atoms with Crippen molar-refractivity contribution in [2.75, 3.05) is 7.11 Å². The Labute approximate surface area is 84.7 Å². The van der Waals surface area contributed by atoms with Crippen LogP contribution in [0.15, 0.2) is 18.2 Å². The van der Waals surface area contributed by atoms with Crippen molar-refractivity contribution in [3.63, 3.8) is 0 Å². The molecule has 0 radical (unpaired) electrons. The fraction of sp³-hybridized carbons (Fsp3) is 0.300. The van der Waals surface area contributed by atoms with Gasteiger partial charge in [0.1, 0.15) is 5.75 Å². The number of Topliss-reactive ketones (excluding diaryl/α,β-unsaturated/α-hetero) is 1. The molecular weight excluding hydrogens is 209 g/mol. The average molecular weight is 218 g/mol. The zero-order valence-electron chi connectivity index (χ0n) is 8.18. The first-order valence-corrected chi connectivity index (χ1v) is 4.12. The predicted molar refractivity (Wildman–Crippen MR) is 48.0 cm³/mol. The van der Waals surface area contributed by atoms with Crippen LogP contribution in [0.2, 0.25) is 0 Å². The Kier molecular flexibility index (Phi) is 3.02. The summed E-state index contributed by atoms with van der Waals surface area (Å²) in [5.41, 5.74) is -0.916. The molecule has 82 valence electrons. The highest BCUT2D eigenvalue weighted by molar-refractivity contribution is 5.97. The number of benzene rings is 1. The van der Waals surface area contributed by atoms with Crippen molar-refractivity contribution in [2.24, 2.45) is 0 Å². The number of alkyl halides is 3. The van der Waals surface area contributed by atoms with Gasteiger partial charge in [-0.25, -0.2) is 0 Å². The van der Waals surface area contributed by atoms with Crippen molar-refractivity contribution >= 4 is 5.78 Å². The van der Waals surface area contributed by atoms with Crippen LogP contribution in [0, 0.1) is 0 Å². The lowest BCUT2D eigenvalue weighted by atomic mass is 10.1. The molecule has 15 heavy (non-hydrogen) atoms. The monoisotopic (exact) mass is 218 g/mol. The van der Waals surface area contributed by atoms with Crippen LogP contribution in [0.3, 0.4) is 0 Å². The Morgan fingerprint density at radius 1 is 1.33 bits per heavy atom. The smallest absolute Gasteiger partial charge is 0.416 e. The van der Waals surface area contributed by atoms with Gasteiger partial charge in [0.25, 0.3) is 0 Å². The first-order valence-electron chi connectivity index (χ1n) is 4.12. The molecule has 1 rings (SSSR count). The van der Waals surface area contributed by atoms with Crippen LogP contribution < -0.4 is 4.74 Å². The van der Waals surface area contributed by atoms with E-state index in [9.17, 15) is 18.0 Å². The van der Waals surface area contributed by atoms with Crippen molar-refractivity contribution in [3.8, 4) is 5.75 Å². The van der Waals surface area contributed by atoms with Gasteiger partial charge in [0, 0.05) is 0 Å². The summed E-state index contributed by atoms with van der Waals surface area (Å²) in [5, 5.41) is 0. The lowest BCUT2D eigenvalue weighted by Crippen LogP contribution is -2.07. The zero-order valence-corrected chi connectivity index (χ0v) is 8.18. The molecule has 0 aliphatic carbocycles. The summed E-state index contributed by atoms with van der Waals surface area (Å²) < 4.78 is 41.7. The van der Waals surface area contributed by atoms with E-state index in [0.29, 0.717) is 0 Å². The maximum absolute atomic E-state index is 12.3. The van der Waals surface area contributed by atoms with Crippen molar-refractivity contribution in [1.29, 1.82) is 0 Å². The number of hydrogen-bond acceptors (Lipinski definition) is 2. The maximum atomic E-state index is 12.3. The molecule has 2 nitrogen and oxygen atoms in total. The van der Waals surface area contributed by atoms with Crippen LogP contribution in [0.5, 0.6) is 5.75 Å². The third-order valence-corrected chi connectivity index (χ3v) is 1.91. The zero-order chi connectivity index (χ0) is 11.6. The van der Waals surface area contributed by atoms with E-state index in [-0.39, 0.29) is 11.3 Å². The van der Waals surface area contributed by atoms with E-state index in [4.69, 9.17) is 4.74 Å². The Balaban J connectivity index is 3.28. The molecule has 0 aromatic heterocycles. The Morgan fingerprint density at radius 2 is 1.93 bits per heavy atom. The number of ether oxygens (including phenoxy) is 1. The maximum Gasteiger partial charge on any atom is 0.416 e. The van der Waals surface area contributed by atoms with Crippen LogP contribution in [-0.2, 0) is 6.18 Å². The minimum Gasteiger partial charge on any atom is -0.496 e. The molecule has 0 saturated carbocycles. The quantitative estimate of drug-likeness (QED) is 0.713. The standard InChI is InChI=1S/C10H9F3O2/c1-6(14)8-5-7(10(11,12)13)3-4-9(8)15-2/h3-5H,1-2H3. The highest BCUT2D eigenvalue weighted by atomic mass is 19.4. The molecule has 0 unspecified atom stereocenters. The largest absolute Gasteiger partial charge is 0.496 e. The molecule has 0 saturated heterocycles. The molecule has 1 aromatic rings. The van der Waals surface area contributed by atoms with Crippen molar-refractivity contribution in [3.05, 3.63) is 29.3 Å². The highest BCUT2D eigenvalue weighted by Crippen LogP contribution is 2.32. The summed E-state index contributed by atoms with van der Waals surface area (Å²) in [6.07, 6.45) is -4.45. The molecule has 0 fully saturated rings. The van der Waals surface area contributed by atoms with Crippen LogP contribution in [-0.4, -0.2) is 12.9 Å². The molecule has 5 heteroatoms. The number of carbonyl (C=O) groups excluding carboxylic acids is 1. The van der Waals surface area contributed by atoms with Crippen molar-refractivity contribution < 1.29 is 22.7 Å². The van der Waals surface area contributed by atoms with Crippen LogP contribution in [0.25, 0.3) is 0 Å². The molecule has 1 aromatic carbocycles. The number of halogens is 3. The third-order valence-electron chi connectivity index (χ3n) is 1.91. The molecule has 0 heterocycles. The van der Waals surface area contributed by atoms with Gasteiger partial charge in [-0.2, -0.15) is 13.2 Å². The molecule has 0 aliphatic heterocycles. The first-order chi connectivity index (χ1) is 6.86. The lowest BCUT2D eigenvalue weighted by Gasteiger charge is -2.10. The first kappa shape index (κ1) is 11.6. The van der Waals surface area contributed by atoms with Gasteiger partial charge in [-0.15, -0.1) is 0 Å². The molecular formula is C10H9F3O2. The van der Waals surface area contributed by atoms with E-state index in [1.807, 2.05) is 0 Å². The summed E-state index contributed by atoms with van der Waals surface area (Å²) in [6, 6.07) is 2.81. The number of ketones is 1. The normalized spacial score (nSPS) is 11.3. The van der Waals surface area contributed by atoms with Crippen molar-refractivity contribution in [2.45, 2.75) is 13.1 Å². The topological polar surface area (TPSA) is 26.3 Å². The number of hydrogen-bond donors (Lipinski definition) is 0. The van der Waals surface area contributed by atoms with Crippen LogP contribution in [0.1, 0.15) is 22.8 Å². The summed E-state index contributed by atoms with van der Waals surface area (Å²) >= 11 is 0. The third kappa shape index (κ3) is 2.49. The Hall–Kier alpha value is -1.52. The van der Waals surface area contributed by atoms with E-state index < -0.39 is 17.5 Å². The average Bonchev–Trinajstić information content (AvgIpc) is 2.15. The minimum absolute atomic E-state index is 0.0627. The van der Waals surface area contributed by atoms with E-state index in [1.165, 1.54) is 14.0 Å². The molecule has 0 aliphatic rings. The van der Waals surface area contributed by atoms with E-state index in [2.05, 4.69) is 0 Å². The van der Waals surface area contributed by atoms with Gasteiger partial charge in [-0.05, 0) is 25.1 Å². The van der Waals surface area contributed by atoms with Gasteiger partial charge in [0.15, 0.2) is 5.78 Å². The fourth-order valence-corrected chi connectivity index (χ4v) is 1.16. The Bertz CT molecular complexity index is 383. The van der Waals surface area contributed by atoms with Crippen molar-refractivity contribution in [1.82, 2.24) is 0 Å². The van der Waals surface area contributed by atoms with E-state index in [0.717, 1.165) is 18.2 Å². The summed E-state index contributed by atoms with van der Waals surface area (Å²) in [6.45, 7) is 1.19. The van der Waals surface area contributed by atoms with Gasteiger partial charge in [-0.3, -0.25) is 4.79 Å². The van der Waals surface area contributed by atoms with Gasteiger partial charge in [-0.1, -0.05) is 0 Å².